The van der Waals surface area contributed by atoms with Gasteiger partial charge in [0.25, 0.3) is 5.91 Å². The molecule has 122 valence electrons. The summed E-state index contributed by atoms with van der Waals surface area (Å²) in [5, 5.41) is 4.25. The van der Waals surface area contributed by atoms with Gasteiger partial charge in [-0.3, -0.25) is 14.0 Å². The highest BCUT2D eigenvalue weighted by atomic mass is 16.2. The molecule has 0 saturated carbocycles. The lowest BCUT2D eigenvalue weighted by molar-refractivity contribution is 0.0721. The van der Waals surface area contributed by atoms with Crippen molar-refractivity contribution in [3.63, 3.8) is 0 Å². The zero-order valence-electron chi connectivity index (χ0n) is 13.2. The smallest absolute Gasteiger partial charge is 0.254 e. The second kappa shape index (κ2) is 6.27. The van der Waals surface area contributed by atoms with E-state index in [0.717, 1.165) is 25.9 Å². The highest BCUT2D eigenvalue weighted by molar-refractivity contribution is 5.94. The highest BCUT2D eigenvalue weighted by Gasteiger charge is 2.30. The summed E-state index contributed by atoms with van der Waals surface area (Å²) in [4.78, 5) is 23.2. The molecule has 0 spiro atoms. The predicted octanol–water partition coefficient (Wildman–Crippen LogP) is 1.77. The first-order chi connectivity index (χ1) is 11.8. The normalized spacial score (nSPS) is 17.3. The average molecular weight is 322 g/mol. The summed E-state index contributed by atoms with van der Waals surface area (Å²) in [5.74, 6) is 0.745. The highest BCUT2D eigenvalue weighted by Crippen LogP contribution is 2.22. The maximum absolute atomic E-state index is 13.0. The van der Waals surface area contributed by atoms with Crippen LogP contribution in [-0.2, 0) is 6.54 Å². The molecule has 4 heterocycles. The molecule has 1 saturated heterocycles. The Morgan fingerprint density at radius 1 is 1.25 bits per heavy atom. The quantitative estimate of drug-likeness (QED) is 0.734. The van der Waals surface area contributed by atoms with Gasteiger partial charge in [-0.05, 0) is 31.0 Å². The van der Waals surface area contributed by atoms with Gasteiger partial charge >= 0.3 is 0 Å². The number of nitrogens with zero attached hydrogens (tertiary/aromatic N) is 6. The van der Waals surface area contributed by atoms with Crippen LogP contribution >= 0.6 is 0 Å². The molecule has 1 aliphatic rings. The van der Waals surface area contributed by atoms with Gasteiger partial charge < -0.3 is 4.90 Å². The molecular weight excluding hydrogens is 304 g/mol. The Morgan fingerprint density at radius 2 is 2.21 bits per heavy atom. The molecule has 1 aliphatic heterocycles. The molecule has 0 radical (unpaired) electrons. The molecule has 4 rings (SSSR count). The fourth-order valence-electron chi connectivity index (χ4n) is 3.17. The van der Waals surface area contributed by atoms with Crippen molar-refractivity contribution in [2.75, 3.05) is 6.54 Å². The molecule has 3 aromatic rings. The van der Waals surface area contributed by atoms with Gasteiger partial charge in [0, 0.05) is 43.1 Å². The first kappa shape index (κ1) is 14.6. The van der Waals surface area contributed by atoms with Crippen molar-refractivity contribution in [1.29, 1.82) is 0 Å². The third-order valence-corrected chi connectivity index (χ3v) is 4.36. The van der Waals surface area contributed by atoms with Crippen molar-refractivity contribution in [2.45, 2.75) is 25.4 Å². The monoisotopic (exact) mass is 322 g/mol. The van der Waals surface area contributed by atoms with Crippen LogP contribution in [0.5, 0.6) is 0 Å². The van der Waals surface area contributed by atoms with Gasteiger partial charge in [0.15, 0.2) is 0 Å². The minimum Gasteiger partial charge on any atom is -0.334 e. The van der Waals surface area contributed by atoms with Gasteiger partial charge in [-0.15, -0.1) is 0 Å². The minimum atomic E-state index is 0.0495. The summed E-state index contributed by atoms with van der Waals surface area (Å²) in [6, 6.07) is 5.67. The molecule has 0 unspecified atom stereocenters. The summed E-state index contributed by atoms with van der Waals surface area (Å²) in [5.41, 5.74) is 0.654. The lowest BCUT2D eigenvalue weighted by Crippen LogP contribution is -2.38. The van der Waals surface area contributed by atoms with Crippen molar-refractivity contribution < 1.29 is 4.79 Å². The second-order valence-electron chi connectivity index (χ2n) is 5.90. The minimum absolute atomic E-state index is 0.0495. The molecule has 0 N–H and O–H groups in total. The third kappa shape index (κ3) is 2.80. The van der Waals surface area contributed by atoms with E-state index in [1.807, 2.05) is 34.1 Å². The Morgan fingerprint density at radius 3 is 3.00 bits per heavy atom. The van der Waals surface area contributed by atoms with Crippen LogP contribution in [0.3, 0.4) is 0 Å². The van der Waals surface area contributed by atoms with Gasteiger partial charge in [0.2, 0.25) is 0 Å². The fourth-order valence-corrected chi connectivity index (χ4v) is 3.17. The van der Waals surface area contributed by atoms with E-state index in [1.165, 1.54) is 0 Å². The van der Waals surface area contributed by atoms with Crippen molar-refractivity contribution in [2.24, 2.45) is 0 Å². The van der Waals surface area contributed by atoms with Gasteiger partial charge in [-0.2, -0.15) is 5.10 Å². The summed E-state index contributed by atoms with van der Waals surface area (Å²) in [6.07, 6.45) is 12.6. The zero-order valence-corrected chi connectivity index (χ0v) is 13.2. The largest absolute Gasteiger partial charge is 0.334 e. The van der Waals surface area contributed by atoms with Crippen LogP contribution in [0.25, 0.3) is 5.82 Å². The van der Waals surface area contributed by atoms with Crippen LogP contribution in [-0.4, -0.2) is 47.7 Å². The molecule has 7 heteroatoms. The molecule has 0 aliphatic carbocycles. The fraction of sp³-hybridized carbons (Fsp3) is 0.294. The molecule has 7 nitrogen and oxygen atoms in total. The topological polar surface area (TPSA) is 68.8 Å². The standard InChI is InChI=1S/C17H18N6O/c24-17(14-4-6-19-16(11-14)21-10-7-18-13-21)23-9-1-3-15(23)12-22-8-2-5-20-22/h2,4-8,10-11,13,15H,1,3,9,12H2/t15-/m0/s1. The van der Waals surface area contributed by atoms with E-state index in [-0.39, 0.29) is 11.9 Å². The van der Waals surface area contributed by atoms with Gasteiger partial charge in [0.1, 0.15) is 12.1 Å². The third-order valence-electron chi connectivity index (χ3n) is 4.36. The van der Waals surface area contributed by atoms with E-state index in [1.54, 1.807) is 35.6 Å². The summed E-state index contributed by atoms with van der Waals surface area (Å²) < 4.78 is 3.68. The van der Waals surface area contributed by atoms with E-state index in [9.17, 15) is 4.79 Å². The van der Waals surface area contributed by atoms with Crippen molar-refractivity contribution >= 4 is 5.91 Å². The number of hydrogen-bond acceptors (Lipinski definition) is 4. The lowest BCUT2D eigenvalue weighted by atomic mass is 10.2. The maximum atomic E-state index is 13.0. The molecule has 1 amide bonds. The van der Waals surface area contributed by atoms with E-state index in [0.29, 0.717) is 11.4 Å². The van der Waals surface area contributed by atoms with Crippen LogP contribution in [0.4, 0.5) is 0 Å². The molecular formula is C17H18N6O. The van der Waals surface area contributed by atoms with Crippen LogP contribution in [0.15, 0.2) is 55.5 Å². The van der Waals surface area contributed by atoms with Crippen LogP contribution in [0.2, 0.25) is 0 Å². The Kier molecular flexibility index (Phi) is 3.82. The van der Waals surface area contributed by atoms with E-state index in [4.69, 9.17) is 0 Å². The van der Waals surface area contributed by atoms with E-state index in [2.05, 4.69) is 15.1 Å². The van der Waals surface area contributed by atoms with Crippen molar-refractivity contribution in [3.05, 3.63) is 61.1 Å². The Balaban J connectivity index is 1.55. The predicted molar refractivity (Wildman–Crippen MR) is 87.6 cm³/mol. The van der Waals surface area contributed by atoms with E-state index >= 15 is 0 Å². The molecule has 24 heavy (non-hydrogen) atoms. The number of likely N-dealkylation sites (tertiary alicyclic amines) is 1. The van der Waals surface area contributed by atoms with Crippen LogP contribution in [0, 0.1) is 0 Å². The maximum Gasteiger partial charge on any atom is 0.254 e. The summed E-state index contributed by atoms with van der Waals surface area (Å²) in [6.45, 7) is 1.52. The number of pyridine rings is 1. The SMILES string of the molecule is O=C(c1ccnc(-n2ccnc2)c1)N1CCC[C@H]1Cn1cccn1. The molecule has 1 fully saturated rings. The first-order valence-corrected chi connectivity index (χ1v) is 8.04. The zero-order chi connectivity index (χ0) is 16.4. The number of carbonyl (C=O) groups excluding carboxylic acids is 1. The Bertz CT molecular complexity index is 811. The number of imidazole rings is 1. The van der Waals surface area contributed by atoms with Crippen molar-refractivity contribution in [3.8, 4) is 5.82 Å². The second-order valence-corrected chi connectivity index (χ2v) is 5.90. The summed E-state index contributed by atoms with van der Waals surface area (Å²) in [7, 11) is 0. The van der Waals surface area contributed by atoms with Gasteiger partial charge in [-0.1, -0.05) is 0 Å². The number of hydrogen-bond donors (Lipinski definition) is 0. The molecule has 0 aromatic carbocycles. The average Bonchev–Trinajstić information content (AvgIpc) is 3.37. The van der Waals surface area contributed by atoms with Gasteiger partial charge in [0.05, 0.1) is 12.6 Å². The molecule has 3 aromatic heterocycles. The number of rotatable bonds is 4. The number of amides is 1. The lowest BCUT2D eigenvalue weighted by Gasteiger charge is -2.25. The summed E-state index contributed by atoms with van der Waals surface area (Å²) >= 11 is 0. The first-order valence-electron chi connectivity index (χ1n) is 8.04. The molecule has 1 atom stereocenters. The molecule has 0 bridgehead atoms. The Hall–Kier alpha value is -2.96. The number of aromatic nitrogens is 5. The van der Waals surface area contributed by atoms with Crippen LogP contribution in [0.1, 0.15) is 23.2 Å². The van der Waals surface area contributed by atoms with Crippen molar-refractivity contribution in [1.82, 2.24) is 29.2 Å². The number of carbonyl (C=O) groups is 1. The van der Waals surface area contributed by atoms with Crippen LogP contribution < -0.4 is 0 Å². The van der Waals surface area contributed by atoms with Gasteiger partial charge in [-0.25, -0.2) is 9.97 Å². The Labute approximate surface area is 139 Å². The van der Waals surface area contributed by atoms with E-state index < -0.39 is 0 Å².